The largest absolute Gasteiger partial charge is 0.491 e. The lowest BCUT2D eigenvalue weighted by Crippen LogP contribution is -2.39. The van der Waals surface area contributed by atoms with Crippen molar-refractivity contribution >= 4 is 5.78 Å². The molecule has 1 aromatic rings. The van der Waals surface area contributed by atoms with Gasteiger partial charge in [0.05, 0.1) is 5.56 Å². The van der Waals surface area contributed by atoms with Crippen LogP contribution in [0, 0.1) is 5.82 Å². The molecule has 0 spiro atoms. The van der Waals surface area contributed by atoms with Crippen molar-refractivity contribution in [1.82, 2.24) is 4.90 Å². The van der Waals surface area contributed by atoms with Gasteiger partial charge in [-0.3, -0.25) is 9.69 Å². The van der Waals surface area contributed by atoms with Crippen LogP contribution in [0.15, 0.2) is 18.2 Å². The van der Waals surface area contributed by atoms with Crippen molar-refractivity contribution in [2.75, 3.05) is 13.2 Å². The van der Waals surface area contributed by atoms with Crippen molar-refractivity contribution < 1.29 is 13.9 Å². The number of hydrogen-bond donors (Lipinski definition) is 0. The Bertz CT molecular complexity index is 450. The lowest BCUT2D eigenvalue weighted by atomic mass is 10.1. The Morgan fingerprint density at radius 2 is 1.85 bits per heavy atom. The molecule has 20 heavy (non-hydrogen) atoms. The molecule has 0 bridgehead atoms. The Morgan fingerprint density at radius 1 is 1.25 bits per heavy atom. The topological polar surface area (TPSA) is 29.5 Å². The first kappa shape index (κ1) is 16.6. The molecule has 0 atom stereocenters. The molecular weight excluding hydrogens is 257 g/mol. The Balaban J connectivity index is 2.68. The summed E-state index contributed by atoms with van der Waals surface area (Å²) in [5.74, 6) is -0.163. The lowest BCUT2D eigenvalue weighted by Gasteiger charge is -2.30. The number of hydrogen-bond acceptors (Lipinski definition) is 3. The van der Waals surface area contributed by atoms with Gasteiger partial charge in [-0.25, -0.2) is 4.39 Å². The molecule has 3 nitrogen and oxygen atoms in total. The Hall–Kier alpha value is -1.42. The predicted molar refractivity (Wildman–Crippen MR) is 78.9 cm³/mol. The number of Topliss-reactive ketones (excluding diaryl/α,β-unsaturated/α-hetero) is 1. The molecule has 1 rings (SSSR count). The van der Waals surface area contributed by atoms with Crippen LogP contribution in [0.5, 0.6) is 5.75 Å². The van der Waals surface area contributed by atoms with Gasteiger partial charge in [0.25, 0.3) is 0 Å². The molecule has 0 radical (unpaired) electrons. The van der Waals surface area contributed by atoms with Crippen LogP contribution >= 0.6 is 0 Å². The van der Waals surface area contributed by atoms with Crippen LogP contribution < -0.4 is 4.74 Å². The van der Waals surface area contributed by atoms with Gasteiger partial charge >= 0.3 is 0 Å². The van der Waals surface area contributed by atoms with Crippen molar-refractivity contribution in [3.63, 3.8) is 0 Å². The van der Waals surface area contributed by atoms with Gasteiger partial charge in [-0.1, -0.05) is 0 Å². The summed E-state index contributed by atoms with van der Waals surface area (Å²) in [6.45, 7) is 11.2. The van der Waals surface area contributed by atoms with E-state index < -0.39 is 5.82 Å². The van der Waals surface area contributed by atoms with Gasteiger partial charge in [-0.15, -0.1) is 0 Å². The first-order valence-corrected chi connectivity index (χ1v) is 7.02. The van der Waals surface area contributed by atoms with E-state index in [1.54, 1.807) is 0 Å². The second-order valence-electron chi connectivity index (χ2n) is 5.47. The minimum atomic E-state index is -0.423. The number of ketones is 1. The molecule has 0 amide bonds. The van der Waals surface area contributed by atoms with Gasteiger partial charge in [0.1, 0.15) is 18.2 Å². The quantitative estimate of drug-likeness (QED) is 0.716. The van der Waals surface area contributed by atoms with Crippen LogP contribution in [-0.2, 0) is 0 Å². The van der Waals surface area contributed by atoms with E-state index in [0.29, 0.717) is 30.0 Å². The molecule has 0 N–H and O–H groups in total. The molecule has 4 heteroatoms. The van der Waals surface area contributed by atoms with Crippen molar-refractivity contribution in [2.45, 2.75) is 46.7 Å². The summed E-state index contributed by atoms with van der Waals surface area (Å²) < 4.78 is 18.8. The SMILES string of the molecule is CC(=O)c1cc(F)ccc1OCCN(C(C)C)C(C)C. The smallest absolute Gasteiger partial charge is 0.163 e. The second kappa shape index (κ2) is 7.39. The summed E-state index contributed by atoms with van der Waals surface area (Å²) in [5, 5.41) is 0. The molecule has 0 saturated carbocycles. The number of halogens is 1. The normalized spacial score (nSPS) is 11.4. The molecule has 112 valence electrons. The van der Waals surface area contributed by atoms with E-state index in [1.165, 1.54) is 25.1 Å². The first-order chi connectivity index (χ1) is 9.32. The molecule has 1 aromatic carbocycles. The number of nitrogens with zero attached hydrogens (tertiary/aromatic N) is 1. The van der Waals surface area contributed by atoms with E-state index in [-0.39, 0.29) is 5.78 Å². The zero-order chi connectivity index (χ0) is 15.3. The van der Waals surface area contributed by atoms with Crippen LogP contribution in [0.4, 0.5) is 4.39 Å². The van der Waals surface area contributed by atoms with Crippen molar-refractivity contribution in [2.24, 2.45) is 0 Å². The van der Waals surface area contributed by atoms with E-state index in [2.05, 4.69) is 32.6 Å². The van der Waals surface area contributed by atoms with E-state index in [4.69, 9.17) is 4.74 Å². The van der Waals surface area contributed by atoms with Gasteiger partial charge in [-0.05, 0) is 52.8 Å². The monoisotopic (exact) mass is 281 g/mol. The highest BCUT2D eigenvalue weighted by Crippen LogP contribution is 2.20. The van der Waals surface area contributed by atoms with Crippen LogP contribution in [0.3, 0.4) is 0 Å². The summed E-state index contributed by atoms with van der Waals surface area (Å²) in [6, 6.07) is 4.91. The summed E-state index contributed by atoms with van der Waals surface area (Å²) in [5.41, 5.74) is 0.297. The highest BCUT2D eigenvalue weighted by Gasteiger charge is 2.14. The molecule has 0 unspecified atom stereocenters. The van der Waals surface area contributed by atoms with Crippen molar-refractivity contribution in [3.05, 3.63) is 29.6 Å². The molecule has 0 aliphatic carbocycles. The van der Waals surface area contributed by atoms with Gasteiger partial charge in [0.15, 0.2) is 5.78 Å². The fourth-order valence-electron chi connectivity index (χ4n) is 2.28. The van der Waals surface area contributed by atoms with E-state index >= 15 is 0 Å². The third-order valence-electron chi connectivity index (χ3n) is 3.25. The maximum absolute atomic E-state index is 13.2. The fourth-order valence-corrected chi connectivity index (χ4v) is 2.28. The number of carbonyl (C=O) groups is 1. The Labute approximate surface area is 120 Å². The standard InChI is InChI=1S/C16H24FNO2/c1-11(2)18(12(3)4)8-9-20-16-7-6-14(17)10-15(16)13(5)19/h6-7,10-12H,8-9H2,1-5H3. The van der Waals surface area contributed by atoms with E-state index in [1.807, 2.05) is 0 Å². The van der Waals surface area contributed by atoms with Gasteiger partial charge in [0.2, 0.25) is 0 Å². The number of benzene rings is 1. The molecule has 0 saturated heterocycles. The summed E-state index contributed by atoms with van der Waals surface area (Å²) in [4.78, 5) is 13.8. The van der Waals surface area contributed by atoms with E-state index in [9.17, 15) is 9.18 Å². The highest BCUT2D eigenvalue weighted by atomic mass is 19.1. The van der Waals surface area contributed by atoms with Gasteiger partial charge in [0, 0.05) is 18.6 Å². The second-order valence-corrected chi connectivity index (χ2v) is 5.47. The minimum Gasteiger partial charge on any atom is -0.491 e. The van der Waals surface area contributed by atoms with Crippen LogP contribution in [0.25, 0.3) is 0 Å². The maximum Gasteiger partial charge on any atom is 0.163 e. The van der Waals surface area contributed by atoms with E-state index in [0.717, 1.165) is 6.54 Å². The average Bonchev–Trinajstić information content (AvgIpc) is 2.34. The minimum absolute atomic E-state index is 0.191. The van der Waals surface area contributed by atoms with Crippen molar-refractivity contribution in [1.29, 1.82) is 0 Å². The predicted octanol–water partition coefficient (Wildman–Crippen LogP) is 3.53. The van der Waals surface area contributed by atoms with Crippen LogP contribution in [-0.4, -0.2) is 35.9 Å². The number of carbonyl (C=O) groups excluding carboxylic acids is 1. The maximum atomic E-state index is 13.2. The zero-order valence-electron chi connectivity index (χ0n) is 12.9. The molecule has 0 fully saturated rings. The third-order valence-corrected chi connectivity index (χ3v) is 3.25. The molecule has 0 heterocycles. The zero-order valence-corrected chi connectivity index (χ0v) is 12.9. The molecular formula is C16H24FNO2. The van der Waals surface area contributed by atoms with Crippen LogP contribution in [0.1, 0.15) is 45.0 Å². The third kappa shape index (κ3) is 4.60. The Kier molecular flexibility index (Phi) is 6.14. The first-order valence-electron chi connectivity index (χ1n) is 7.02. The van der Waals surface area contributed by atoms with Gasteiger partial charge < -0.3 is 4.74 Å². The van der Waals surface area contributed by atoms with Crippen molar-refractivity contribution in [3.8, 4) is 5.75 Å². The fraction of sp³-hybridized carbons (Fsp3) is 0.562. The lowest BCUT2D eigenvalue weighted by molar-refractivity contribution is 0.100. The highest BCUT2D eigenvalue weighted by molar-refractivity contribution is 5.96. The molecule has 0 aliphatic heterocycles. The van der Waals surface area contributed by atoms with Crippen LogP contribution in [0.2, 0.25) is 0 Å². The summed E-state index contributed by atoms with van der Waals surface area (Å²) in [6.07, 6.45) is 0. The molecule has 0 aliphatic rings. The average molecular weight is 281 g/mol. The number of rotatable bonds is 7. The summed E-state index contributed by atoms with van der Waals surface area (Å²) >= 11 is 0. The van der Waals surface area contributed by atoms with Gasteiger partial charge in [-0.2, -0.15) is 0 Å². The number of ether oxygens (including phenoxy) is 1. The Morgan fingerprint density at radius 3 is 2.35 bits per heavy atom. The molecule has 0 aromatic heterocycles. The summed E-state index contributed by atoms with van der Waals surface area (Å²) in [7, 11) is 0.